The number of nitrogens with two attached hydrogens (primary N) is 1. The first-order valence-electron chi connectivity index (χ1n) is 5.18. The first kappa shape index (κ1) is 15.4. The van der Waals surface area contributed by atoms with Gasteiger partial charge in [0.05, 0.1) is 24.9 Å². The van der Waals surface area contributed by atoms with Crippen LogP contribution in [0.25, 0.3) is 0 Å². The minimum Gasteiger partial charge on any atom is -0.481 e. The second-order valence-electron chi connectivity index (χ2n) is 4.09. The van der Waals surface area contributed by atoms with Crippen molar-refractivity contribution in [2.24, 2.45) is 5.73 Å². The molecule has 0 unspecified atom stereocenters. The van der Waals surface area contributed by atoms with Crippen LogP contribution in [0, 0.1) is 0 Å². The van der Waals surface area contributed by atoms with E-state index in [9.17, 15) is 14.4 Å². The van der Waals surface area contributed by atoms with Gasteiger partial charge in [-0.1, -0.05) is 0 Å². The Morgan fingerprint density at radius 2 is 1.88 bits per heavy atom. The molecule has 0 aromatic carbocycles. The molecule has 0 bridgehead atoms. The summed E-state index contributed by atoms with van der Waals surface area (Å²) in [6.45, 7) is 3.26. The molecule has 0 aromatic heterocycles. The molecule has 0 fully saturated rings. The van der Waals surface area contributed by atoms with Crippen LogP contribution in [0.1, 0.15) is 26.7 Å². The second kappa shape index (κ2) is 6.85. The third-order valence-electron chi connectivity index (χ3n) is 1.78. The fraction of sp³-hybridized carbons (Fsp3) is 0.700. The third-order valence-corrected chi connectivity index (χ3v) is 1.78. The Labute approximate surface area is 99.3 Å². The Morgan fingerprint density at radius 1 is 1.29 bits per heavy atom. The highest BCUT2D eigenvalue weighted by Crippen LogP contribution is 1.95. The van der Waals surface area contributed by atoms with Gasteiger partial charge in [-0.05, 0) is 13.8 Å². The molecule has 17 heavy (non-hydrogen) atoms. The Kier molecular flexibility index (Phi) is 6.19. The molecule has 0 rings (SSSR count). The third kappa shape index (κ3) is 8.21. The summed E-state index contributed by atoms with van der Waals surface area (Å²) >= 11 is 0. The molecule has 7 heteroatoms. The van der Waals surface area contributed by atoms with Crippen molar-refractivity contribution in [1.82, 2.24) is 5.32 Å². The molecule has 0 atom stereocenters. The van der Waals surface area contributed by atoms with Gasteiger partial charge in [0.15, 0.2) is 0 Å². The zero-order chi connectivity index (χ0) is 13.5. The molecule has 7 nitrogen and oxygen atoms in total. The van der Waals surface area contributed by atoms with Gasteiger partial charge in [-0.2, -0.15) is 0 Å². The molecule has 98 valence electrons. The van der Waals surface area contributed by atoms with Crippen molar-refractivity contribution < 1.29 is 24.2 Å². The number of carbonyl (C=O) groups is 3. The molecule has 0 saturated carbocycles. The van der Waals surface area contributed by atoms with E-state index in [1.165, 1.54) is 0 Å². The average Bonchev–Trinajstić information content (AvgIpc) is 2.19. The van der Waals surface area contributed by atoms with Crippen molar-refractivity contribution in [1.29, 1.82) is 0 Å². The van der Waals surface area contributed by atoms with Gasteiger partial charge in [0, 0.05) is 0 Å². The first-order chi connectivity index (χ1) is 7.73. The van der Waals surface area contributed by atoms with Crippen LogP contribution in [-0.2, 0) is 19.1 Å². The number of amides is 1. The summed E-state index contributed by atoms with van der Waals surface area (Å²) in [5.41, 5.74) is 4.54. The van der Waals surface area contributed by atoms with E-state index in [0.717, 1.165) is 0 Å². The standard InChI is InChI=1S/C10H18N2O5/c1-10(2,11)9(16)12-5-6-17-8(15)4-3-7(13)14/h3-6,11H2,1-2H3,(H,12,16)(H,13,14). The van der Waals surface area contributed by atoms with Crippen molar-refractivity contribution in [2.45, 2.75) is 32.2 Å². The number of nitrogens with one attached hydrogen (secondary N) is 1. The molecule has 0 radical (unpaired) electrons. The Hall–Kier alpha value is -1.63. The van der Waals surface area contributed by atoms with E-state index in [-0.39, 0.29) is 31.9 Å². The van der Waals surface area contributed by atoms with Crippen LogP contribution in [0.2, 0.25) is 0 Å². The highest BCUT2D eigenvalue weighted by Gasteiger charge is 2.20. The first-order valence-corrected chi connectivity index (χ1v) is 5.18. The molecule has 0 heterocycles. The van der Waals surface area contributed by atoms with E-state index in [4.69, 9.17) is 15.6 Å². The summed E-state index contributed by atoms with van der Waals surface area (Å²) in [4.78, 5) is 32.4. The molecular formula is C10H18N2O5. The molecule has 0 aliphatic carbocycles. The van der Waals surface area contributed by atoms with E-state index in [1.807, 2.05) is 0 Å². The quantitative estimate of drug-likeness (QED) is 0.401. The SMILES string of the molecule is CC(C)(N)C(=O)NCCOC(=O)CCC(=O)O. The number of esters is 1. The van der Waals surface area contributed by atoms with E-state index in [0.29, 0.717) is 0 Å². The summed E-state index contributed by atoms with van der Waals surface area (Å²) in [5, 5.41) is 10.8. The van der Waals surface area contributed by atoms with Gasteiger partial charge in [0.1, 0.15) is 6.61 Å². The lowest BCUT2D eigenvalue weighted by Gasteiger charge is -2.17. The number of hydrogen-bond acceptors (Lipinski definition) is 5. The molecule has 0 aliphatic rings. The molecule has 1 amide bonds. The summed E-state index contributed by atoms with van der Waals surface area (Å²) in [6, 6.07) is 0. The zero-order valence-corrected chi connectivity index (χ0v) is 9.99. The highest BCUT2D eigenvalue weighted by atomic mass is 16.5. The van der Waals surface area contributed by atoms with Crippen LogP contribution < -0.4 is 11.1 Å². The van der Waals surface area contributed by atoms with E-state index in [1.54, 1.807) is 13.8 Å². The van der Waals surface area contributed by atoms with E-state index in [2.05, 4.69) is 5.32 Å². The molecule has 0 aromatic rings. The largest absolute Gasteiger partial charge is 0.481 e. The maximum Gasteiger partial charge on any atom is 0.306 e. The van der Waals surface area contributed by atoms with Crippen LogP contribution in [0.4, 0.5) is 0 Å². The van der Waals surface area contributed by atoms with Crippen molar-refractivity contribution in [2.75, 3.05) is 13.2 Å². The second-order valence-corrected chi connectivity index (χ2v) is 4.09. The summed E-state index contributed by atoms with van der Waals surface area (Å²) in [5.74, 6) is -2.01. The van der Waals surface area contributed by atoms with Crippen LogP contribution in [0.3, 0.4) is 0 Å². The smallest absolute Gasteiger partial charge is 0.306 e. The van der Waals surface area contributed by atoms with Gasteiger partial charge in [-0.3, -0.25) is 14.4 Å². The van der Waals surface area contributed by atoms with E-state index < -0.39 is 17.5 Å². The van der Waals surface area contributed by atoms with Crippen molar-refractivity contribution in [3.63, 3.8) is 0 Å². The number of rotatable bonds is 7. The lowest BCUT2D eigenvalue weighted by atomic mass is 10.1. The number of aliphatic carboxylic acids is 1. The summed E-state index contributed by atoms with van der Waals surface area (Å²) in [7, 11) is 0. The Bertz CT molecular complexity index is 296. The van der Waals surface area contributed by atoms with Crippen LogP contribution >= 0.6 is 0 Å². The fourth-order valence-electron chi connectivity index (χ4n) is 0.838. The Balaban J connectivity index is 3.62. The predicted molar refractivity (Wildman–Crippen MR) is 59.1 cm³/mol. The predicted octanol–water partition coefficient (Wildman–Crippen LogP) is -0.752. The van der Waals surface area contributed by atoms with Crippen LogP contribution in [-0.4, -0.2) is 41.6 Å². The fourth-order valence-corrected chi connectivity index (χ4v) is 0.838. The molecule has 0 aliphatic heterocycles. The normalized spacial score (nSPS) is 10.8. The van der Waals surface area contributed by atoms with Gasteiger partial charge in [0.2, 0.25) is 5.91 Å². The highest BCUT2D eigenvalue weighted by molar-refractivity contribution is 5.85. The van der Waals surface area contributed by atoms with Crippen molar-refractivity contribution >= 4 is 17.8 Å². The van der Waals surface area contributed by atoms with Crippen LogP contribution in [0.15, 0.2) is 0 Å². The molecular weight excluding hydrogens is 228 g/mol. The van der Waals surface area contributed by atoms with E-state index >= 15 is 0 Å². The number of carbonyl (C=O) groups excluding carboxylic acids is 2. The van der Waals surface area contributed by atoms with Crippen LogP contribution in [0.5, 0.6) is 0 Å². The monoisotopic (exact) mass is 246 g/mol. The number of carboxylic acid groups (broad SMARTS) is 1. The number of ether oxygens (including phenoxy) is 1. The number of hydrogen-bond donors (Lipinski definition) is 3. The lowest BCUT2D eigenvalue weighted by molar-refractivity contribution is -0.147. The van der Waals surface area contributed by atoms with Gasteiger partial charge < -0.3 is 20.9 Å². The van der Waals surface area contributed by atoms with Crippen molar-refractivity contribution in [3.05, 3.63) is 0 Å². The van der Waals surface area contributed by atoms with Gasteiger partial charge in [-0.25, -0.2) is 0 Å². The van der Waals surface area contributed by atoms with Crippen molar-refractivity contribution in [3.8, 4) is 0 Å². The molecule has 4 N–H and O–H groups in total. The maximum atomic E-state index is 11.3. The Morgan fingerprint density at radius 3 is 2.35 bits per heavy atom. The topological polar surface area (TPSA) is 119 Å². The molecule has 0 saturated heterocycles. The van der Waals surface area contributed by atoms with Gasteiger partial charge >= 0.3 is 11.9 Å². The van der Waals surface area contributed by atoms with Gasteiger partial charge in [-0.15, -0.1) is 0 Å². The minimum atomic E-state index is -1.06. The zero-order valence-electron chi connectivity index (χ0n) is 9.99. The summed E-state index contributed by atoms with van der Waals surface area (Å²) < 4.78 is 4.70. The summed E-state index contributed by atoms with van der Waals surface area (Å²) in [6.07, 6.45) is -0.438. The molecule has 0 spiro atoms. The van der Waals surface area contributed by atoms with Gasteiger partial charge in [0.25, 0.3) is 0 Å². The minimum absolute atomic E-state index is 0.000270. The lowest BCUT2D eigenvalue weighted by Crippen LogP contribution is -2.49. The average molecular weight is 246 g/mol. The maximum absolute atomic E-state index is 11.3. The number of carboxylic acids is 1.